The van der Waals surface area contributed by atoms with Crippen molar-refractivity contribution in [1.82, 2.24) is 4.98 Å². The van der Waals surface area contributed by atoms with E-state index in [1.165, 1.54) is 31.3 Å². The van der Waals surface area contributed by atoms with Crippen molar-refractivity contribution < 1.29 is 14.4 Å². The average Bonchev–Trinajstić information content (AvgIpc) is 3.46. The van der Waals surface area contributed by atoms with E-state index in [4.69, 9.17) is 4.84 Å². The molecule has 1 aromatic carbocycles. The number of oxime groups is 1. The maximum absolute atomic E-state index is 12.5. The highest BCUT2D eigenvalue weighted by Crippen LogP contribution is 2.66. The molecule has 2 aromatic rings. The largest absolute Gasteiger partial charge is 0.361 e. The zero-order chi connectivity index (χ0) is 25.8. The van der Waals surface area contributed by atoms with Crippen LogP contribution in [0.25, 0.3) is 10.9 Å². The summed E-state index contributed by atoms with van der Waals surface area (Å²) in [5.74, 6) is 2.50. The van der Waals surface area contributed by atoms with Gasteiger partial charge in [0.1, 0.15) is 5.78 Å². The third kappa shape index (κ3) is 4.09. The highest BCUT2D eigenvalue weighted by atomic mass is 16.7. The van der Waals surface area contributed by atoms with Gasteiger partial charge in [0.05, 0.1) is 12.1 Å². The quantitative estimate of drug-likeness (QED) is 0.349. The number of Topliss-reactive ketones (excluding diaryl/α,β-unsaturated/α-hetero) is 1. The monoisotopic (exact) mass is 500 g/mol. The lowest BCUT2D eigenvalue weighted by Crippen LogP contribution is -2.51. The van der Waals surface area contributed by atoms with Crippen LogP contribution in [0, 0.1) is 34.5 Å². The number of aryl methyl sites for hydroxylation is 1. The van der Waals surface area contributed by atoms with Crippen LogP contribution in [-0.4, -0.2) is 22.4 Å². The fourth-order valence-electron chi connectivity index (χ4n) is 9.04. The molecule has 196 valence electrons. The highest BCUT2D eigenvalue weighted by molar-refractivity contribution is 5.96. The van der Waals surface area contributed by atoms with Crippen LogP contribution in [0.4, 0.5) is 0 Å². The number of ketones is 1. The van der Waals surface area contributed by atoms with Crippen molar-refractivity contribution in [3.05, 3.63) is 47.7 Å². The van der Waals surface area contributed by atoms with Crippen molar-refractivity contribution in [2.75, 3.05) is 0 Å². The van der Waals surface area contributed by atoms with Crippen molar-refractivity contribution in [2.24, 2.45) is 39.7 Å². The fraction of sp³-hybridized carbons (Fsp3) is 0.594. The molecule has 3 fully saturated rings. The number of nitrogens with one attached hydrogen (secondary N) is 1. The maximum atomic E-state index is 12.5. The van der Waals surface area contributed by atoms with E-state index in [-0.39, 0.29) is 22.7 Å². The van der Waals surface area contributed by atoms with Crippen molar-refractivity contribution in [1.29, 1.82) is 0 Å². The first-order valence-corrected chi connectivity index (χ1v) is 14.3. The van der Waals surface area contributed by atoms with Crippen molar-refractivity contribution in [2.45, 2.75) is 85.0 Å². The summed E-state index contributed by atoms with van der Waals surface area (Å²) in [7, 11) is 0. The lowest BCUT2D eigenvalue weighted by atomic mass is 9.46. The Morgan fingerprint density at radius 3 is 2.73 bits per heavy atom. The van der Waals surface area contributed by atoms with E-state index in [9.17, 15) is 9.59 Å². The number of rotatable bonds is 5. The van der Waals surface area contributed by atoms with Crippen LogP contribution < -0.4 is 0 Å². The normalized spacial score (nSPS) is 36.0. The van der Waals surface area contributed by atoms with Gasteiger partial charge in [0.2, 0.25) is 0 Å². The number of carbonyl (C=O) groups is 2. The van der Waals surface area contributed by atoms with E-state index in [1.54, 1.807) is 0 Å². The molecular weight excluding hydrogens is 460 g/mol. The van der Waals surface area contributed by atoms with Gasteiger partial charge in [-0.3, -0.25) is 4.79 Å². The molecule has 0 aliphatic heterocycles. The number of carbonyl (C=O) groups excluding carboxylic acids is 2. The van der Waals surface area contributed by atoms with Crippen LogP contribution in [0.3, 0.4) is 0 Å². The van der Waals surface area contributed by atoms with E-state index < -0.39 is 0 Å². The first-order valence-electron chi connectivity index (χ1n) is 14.3. The molecule has 0 amide bonds. The molecule has 6 rings (SSSR count). The first kappa shape index (κ1) is 24.6. The minimum atomic E-state index is -0.277. The Balaban J connectivity index is 1.11. The number of fused-ring (bicyclic) bond motifs is 6. The van der Waals surface area contributed by atoms with Gasteiger partial charge >= 0.3 is 5.97 Å². The Labute approximate surface area is 220 Å². The van der Waals surface area contributed by atoms with Gasteiger partial charge in [-0.05, 0) is 111 Å². The molecule has 0 saturated heterocycles. The smallest absolute Gasteiger partial charge is 0.335 e. The summed E-state index contributed by atoms with van der Waals surface area (Å²) >= 11 is 0. The zero-order valence-electron chi connectivity index (χ0n) is 22.5. The molecular formula is C32H40N2O3. The summed E-state index contributed by atoms with van der Waals surface area (Å²) in [6.45, 7) is 6.70. The van der Waals surface area contributed by atoms with E-state index in [2.05, 4.69) is 36.1 Å². The number of H-pyrrole nitrogens is 1. The SMILES string of the molecule is CC(=O)C1CCC2C3CCC4=C/C(=N/OC(=O)CCc5c[nH]c6ccccc56)CCC4(C)C3CCC12C. The predicted octanol–water partition coefficient (Wildman–Crippen LogP) is 7.17. The van der Waals surface area contributed by atoms with Gasteiger partial charge in [0.15, 0.2) is 0 Å². The third-order valence-corrected chi connectivity index (χ3v) is 11.0. The number of para-hydroxylation sites is 1. The second-order valence-electron chi connectivity index (χ2n) is 12.7. The molecule has 4 aliphatic rings. The summed E-state index contributed by atoms with van der Waals surface area (Å²) in [5.41, 5.74) is 5.03. The second-order valence-corrected chi connectivity index (χ2v) is 12.7. The van der Waals surface area contributed by atoms with Gasteiger partial charge < -0.3 is 9.82 Å². The molecule has 5 nitrogen and oxygen atoms in total. The standard InChI is InChI=1S/C32H40N2O3/c1-20(35)26-11-12-27-25-10-9-22-18-23(14-16-31(22,2)28(25)15-17-32(26,27)3)34-37-30(36)13-8-21-19-33-29-7-5-4-6-24(21)29/h4-7,18-19,25-28,33H,8-17H2,1-3H3/b34-23+. The number of hydrogen-bond donors (Lipinski definition) is 1. The lowest BCUT2D eigenvalue weighted by Gasteiger charge is -2.58. The molecule has 6 atom stereocenters. The van der Waals surface area contributed by atoms with Crippen LogP contribution >= 0.6 is 0 Å². The van der Waals surface area contributed by atoms with Crippen LogP contribution in [-0.2, 0) is 20.8 Å². The first-order chi connectivity index (χ1) is 17.8. The molecule has 1 aromatic heterocycles. The van der Waals surface area contributed by atoms with Gasteiger partial charge in [-0.15, -0.1) is 0 Å². The van der Waals surface area contributed by atoms with E-state index in [0.29, 0.717) is 30.5 Å². The van der Waals surface area contributed by atoms with E-state index in [1.807, 2.05) is 31.3 Å². The molecule has 0 radical (unpaired) electrons. The van der Waals surface area contributed by atoms with E-state index in [0.717, 1.165) is 53.8 Å². The molecule has 1 heterocycles. The van der Waals surface area contributed by atoms with Crippen LogP contribution in [0.15, 0.2) is 47.3 Å². The lowest BCUT2D eigenvalue weighted by molar-refractivity contribution is -0.143. The molecule has 5 heteroatoms. The van der Waals surface area contributed by atoms with Crippen LogP contribution in [0.1, 0.15) is 84.1 Å². The van der Waals surface area contributed by atoms with Crippen molar-refractivity contribution in [3.63, 3.8) is 0 Å². The number of nitrogens with zero attached hydrogens (tertiary/aromatic N) is 1. The molecule has 4 aliphatic carbocycles. The van der Waals surface area contributed by atoms with Crippen LogP contribution in [0.2, 0.25) is 0 Å². The van der Waals surface area contributed by atoms with Crippen molar-refractivity contribution >= 4 is 28.4 Å². The number of benzene rings is 1. The zero-order valence-corrected chi connectivity index (χ0v) is 22.5. The molecule has 0 bridgehead atoms. The van der Waals surface area contributed by atoms with Gasteiger partial charge in [-0.2, -0.15) is 0 Å². The maximum Gasteiger partial charge on any atom is 0.335 e. The third-order valence-electron chi connectivity index (χ3n) is 11.0. The second kappa shape index (κ2) is 9.25. The molecule has 3 saturated carbocycles. The highest BCUT2D eigenvalue weighted by Gasteiger charge is 2.59. The fourth-order valence-corrected chi connectivity index (χ4v) is 9.04. The summed E-state index contributed by atoms with van der Waals surface area (Å²) in [6.07, 6.45) is 14.1. The Morgan fingerprint density at radius 2 is 1.89 bits per heavy atom. The van der Waals surface area contributed by atoms with Gasteiger partial charge in [0, 0.05) is 23.0 Å². The summed E-state index contributed by atoms with van der Waals surface area (Å²) in [6, 6.07) is 8.15. The summed E-state index contributed by atoms with van der Waals surface area (Å²) < 4.78 is 0. The van der Waals surface area contributed by atoms with Gasteiger partial charge in [-0.1, -0.05) is 42.8 Å². The summed E-state index contributed by atoms with van der Waals surface area (Å²) in [4.78, 5) is 33.5. The Bertz CT molecular complexity index is 1290. The Hall–Kier alpha value is -2.69. The van der Waals surface area contributed by atoms with E-state index >= 15 is 0 Å². The van der Waals surface area contributed by atoms with Gasteiger partial charge in [0.25, 0.3) is 0 Å². The Morgan fingerprint density at radius 1 is 1.05 bits per heavy atom. The molecule has 37 heavy (non-hydrogen) atoms. The van der Waals surface area contributed by atoms with Crippen molar-refractivity contribution in [3.8, 4) is 0 Å². The molecule has 6 unspecified atom stereocenters. The minimum Gasteiger partial charge on any atom is -0.361 e. The minimum absolute atomic E-state index is 0.201. The van der Waals surface area contributed by atoms with Gasteiger partial charge in [-0.25, -0.2) is 4.79 Å². The topological polar surface area (TPSA) is 71.5 Å². The average molecular weight is 501 g/mol. The molecule has 1 N–H and O–H groups in total. The Kier molecular flexibility index (Phi) is 6.16. The number of allylic oxidation sites excluding steroid dienone is 2. The number of aromatic nitrogens is 1. The number of hydrogen-bond acceptors (Lipinski definition) is 4. The predicted molar refractivity (Wildman–Crippen MR) is 146 cm³/mol. The van der Waals surface area contributed by atoms with Crippen LogP contribution in [0.5, 0.6) is 0 Å². The number of aromatic amines is 1. The summed E-state index contributed by atoms with van der Waals surface area (Å²) in [5, 5.41) is 5.47. The molecule has 0 spiro atoms.